The number of nitrogens with two attached hydrogens (primary N) is 1. The van der Waals surface area contributed by atoms with Crippen molar-refractivity contribution in [3.8, 4) is 16.9 Å². The topological polar surface area (TPSA) is 97.8 Å². The van der Waals surface area contributed by atoms with Crippen LogP contribution >= 0.6 is 11.3 Å². The molecule has 1 atom stereocenters. The molecule has 4 heterocycles. The Balaban J connectivity index is 0.000000214. The molecule has 8 heteroatoms. The highest BCUT2D eigenvalue weighted by Crippen LogP contribution is 2.37. The highest BCUT2D eigenvalue weighted by molar-refractivity contribution is 7.17. The minimum Gasteiger partial charge on any atom is -0.493 e. The second-order valence-corrected chi connectivity index (χ2v) is 12.0. The summed E-state index contributed by atoms with van der Waals surface area (Å²) in [5, 5.41) is 5.36. The lowest BCUT2D eigenvalue weighted by molar-refractivity contribution is 0.0999. The first-order chi connectivity index (χ1) is 20.5. The summed E-state index contributed by atoms with van der Waals surface area (Å²) in [6.45, 7) is 8.54. The molecule has 2 aliphatic heterocycles. The van der Waals surface area contributed by atoms with E-state index in [0.29, 0.717) is 27.6 Å². The molecule has 0 radical (unpaired) electrons. The Morgan fingerprint density at radius 2 is 1.90 bits per heavy atom. The van der Waals surface area contributed by atoms with Crippen LogP contribution in [0.4, 0.5) is 5.88 Å². The maximum Gasteiger partial charge on any atom is 0.248 e. The van der Waals surface area contributed by atoms with E-state index in [1.165, 1.54) is 29.7 Å². The number of benzene rings is 2. The fourth-order valence-corrected chi connectivity index (χ4v) is 6.66. The number of aryl methyl sites for hydroxylation is 1. The average molecular weight is 588 g/mol. The predicted molar refractivity (Wildman–Crippen MR) is 172 cm³/mol. The molecule has 0 bridgehead atoms. The molecule has 6 rings (SSSR count). The predicted octanol–water partition coefficient (Wildman–Crippen LogP) is 6.73. The fraction of sp³-hybridized carbons (Fsp3) is 0.412. The fourth-order valence-electron chi connectivity index (χ4n) is 5.75. The van der Waals surface area contributed by atoms with E-state index in [4.69, 9.17) is 14.9 Å². The molecule has 222 valence electrons. The van der Waals surface area contributed by atoms with Gasteiger partial charge in [0.2, 0.25) is 11.3 Å². The van der Waals surface area contributed by atoms with Gasteiger partial charge in [0.25, 0.3) is 0 Å². The smallest absolute Gasteiger partial charge is 0.248 e. The zero-order valence-corrected chi connectivity index (χ0v) is 25.4. The minimum absolute atomic E-state index is 0.0357. The van der Waals surface area contributed by atoms with Gasteiger partial charge in [0.15, 0.2) is 11.5 Å². The molecule has 0 saturated carbocycles. The first-order valence-corrected chi connectivity index (χ1v) is 16.0. The van der Waals surface area contributed by atoms with Crippen LogP contribution in [0.25, 0.3) is 21.4 Å². The third kappa shape index (κ3) is 6.88. The molecule has 42 heavy (non-hydrogen) atoms. The van der Waals surface area contributed by atoms with Crippen LogP contribution in [0.15, 0.2) is 63.1 Å². The maximum absolute atomic E-state index is 12.7. The number of rotatable bonds is 6. The van der Waals surface area contributed by atoms with E-state index in [9.17, 15) is 9.59 Å². The molecule has 1 fully saturated rings. The first-order valence-electron chi connectivity index (χ1n) is 15.1. The van der Waals surface area contributed by atoms with Crippen LogP contribution in [-0.2, 0) is 6.42 Å². The highest BCUT2D eigenvalue weighted by Gasteiger charge is 2.19. The summed E-state index contributed by atoms with van der Waals surface area (Å²) < 4.78 is 13.0. The van der Waals surface area contributed by atoms with Gasteiger partial charge in [0.05, 0.1) is 6.61 Å². The number of fused-ring (bicyclic) bond motifs is 2. The number of carbonyl (C=O) groups excluding carboxylic acids is 1. The average Bonchev–Trinajstić information content (AvgIpc) is 3.43. The Morgan fingerprint density at radius 1 is 1.10 bits per heavy atom. The Morgan fingerprint density at radius 3 is 2.69 bits per heavy atom. The monoisotopic (exact) mass is 587 g/mol. The second kappa shape index (κ2) is 14.0. The molecular weight excluding hydrogens is 546 g/mol. The summed E-state index contributed by atoms with van der Waals surface area (Å²) in [6.07, 6.45) is 6.80. The van der Waals surface area contributed by atoms with E-state index < -0.39 is 0 Å². The van der Waals surface area contributed by atoms with Crippen molar-refractivity contribution in [2.75, 3.05) is 37.7 Å². The molecule has 3 N–H and O–H groups in total. The summed E-state index contributed by atoms with van der Waals surface area (Å²) in [7, 11) is 0. The number of carbonyl (C=O) groups is 1. The van der Waals surface area contributed by atoms with Crippen LogP contribution in [0.2, 0.25) is 0 Å². The number of ether oxygens (including phenoxy) is 1. The number of anilines is 1. The molecule has 7 nitrogen and oxygen atoms in total. The zero-order valence-electron chi connectivity index (χ0n) is 24.6. The van der Waals surface area contributed by atoms with Crippen molar-refractivity contribution < 1.29 is 13.9 Å². The quantitative estimate of drug-likeness (QED) is 0.260. The number of piperazine rings is 1. The summed E-state index contributed by atoms with van der Waals surface area (Å²) >= 11 is 1.46. The van der Waals surface area contributed by atoms with Crippen LogP contribution in [-0.4, -0.2) is 38.7 Å². The number of hydrogen-bond acceptors (Lipinski definition) is 7. The van der Waals surface area contributed by atoms with E-state index in [-0.39, 0.29) is 11.3 Å². The molecule has 4 aromatic rings. The van der Waals surface area contributed by atoms with Crippen LogP contribution in [0, 0.1) is 0 Å². The highest BCUT2D eigenvalue weighted by atomic mass is 32.1. The van der Waals surface area contributed by atoms with Gasteiger partial charge in [-0.25, -0.2) is 0 Å². The van der Waals surface area contributed by atoms with E-state index in [0.717, 1.165) is 80.9 Å². The summed E-state index contributed by atoms with van der Waals surface area (Å²) in [5.41, 5.74) is 11.1. The summed E-state index contributed by atoms with van der Waals surface area (Å²) in [6, 6.07) is 15.6. The van der Waals surface area contributed by atoms with Crippen molar-refractivity contribution >= 4 is 33.4 Å². The van der Waals surface area contributed by atoms with Gasteiger partial charge >= 0.3 is 0 Å². The van der Waals surface area contributed by atoms with Crippen LogP contribution in [0.5, 0.6) is 5.75 Å². The van der Waals surface area contributed by atoms with E-state index in [1.807, 2.05) is 23.6 Å². The van der Waals surface area contributed by atoms with Gasteiger partial charge in [-0.1, -0.05) is 50.6 Å². The lowest BCUT2D eigenvalue weighted by Gasteiger charge is -2.27. The molecule has 0 spiro atoms. The molecular formula is C34H41N3O4S. The largest absolute Gasteiger partial charge is 0.493 e. The van der Waals surface area contributed by atoms with E-state index >= 15 is 0 Å². The number of primary amides is 1. The zero-order chi connectivity index (χ0) is 29.5. The Hall–Kier alpha value is -3.62. The normalized spacial score (nSPS) is 15.9. The van der Waals surface area contributed by atoms with Gasteiger partial charge in [0.1, 0.15) is 10.4 Å². The van der Waals surface area contributed by atoms with Gasteiger partial charge < -0.3 is 25.1 Å². The van der Waals surface area contributed by atoms with E-state index in [1.54, 1.807) is 12.1 Å². The minimum atomic E-state index is -0.330. The molecule has 1 amide bonds. The number of nitrogens with one attached hydrogen (secondary N) is 1. The third-order valence-corrected chi connectivity index (χ3v) is 9.04. The molecule has 2 aromatic carbocycles. The third-order valence-electron chi connectivity index (χ3n) is 8.06. The maximum atomic E-state index is 12.7. The van der Waals surface area contributed by atoms with Crippen LogP contribution < -0.4 is 26.1 Å². The Bertz CT molecular complexity index is 1570. The van der Waals surface area contributed by atoms with Gasteiger partial charge in [0, 0.05) is 48.8 Å². The second-order valence-electron chi connectivity index (χ2n) is 11.1. The van der Waals surface area contributed by atoms with Gasteiger partial charge in [-0.15, -0.1) is 11.3 Å². The molecule has 1 unspecified atom stereocenters. The summed E-state index contributed by atoms with van der Waals surface area (Å²) in [5.74, 6) is 1.71. The van der Waals surface area contributed by atoms with Crippen molar-refractivity contribution in [3.63, 3.8) is 0 Å². The number of amides is 1. The molecule has 1 saturated heterocycles. The van der Waals surface area contributed by atoms with Crippen molar-refractivity contribution in [2.45, 2.75) is 58.3 Å². The van der Waals surface area contributed by atoms with Crippen molar-refractivity contribution in [1.82, 2.24) is 5.32 Å². The molecule has 0 aliphatic carbocycles. The van der Waals surface area contributed by atoms with Gasteiger partial charge in [-0.2, -0.15) is 0 Å². The number of hydrogen-bond donors (Lipinski definition) is 2. The lowest BCUT2D eigenvalue weighted by Crippen LogP contribution is -2.43. The SMILES string of the molecule is CCCC(C)c1ccccc1C(N)=O.O=c1cc(N2CCNCC2)oc2c(-c3ccc4c(c3)OCCCCC4)csc12. The van der Waals surface area contributed by atoms with Gasteiger partial charge in [-0.3, -0.25) is 9.59 Å². The summed E-state index contributed by atoms with van der Waals surface area (Å²) in [4.78, 5) is 26.0. The van der Waals surface area contributed by atoms with Crippen molar-refractivity contribution in [2.24, 2.45) is 5.73 Å². The van der Waals surface area contributed by atoms with Gasteiger partial charge in [-0.05, 0) is 66.8 Å². The van der Waals surface area contributed by atoms with Crippen molar-refractivity contribution in [3.05, 3.63) is 80.8 Å². The number of thiophene rings is 1. The van der Waals surface area contributed by atoms with Crippen LogP contribution in [0.3, 0.4) is 0 Å². The standard InChI is InChI=1S/C22H24N2O3S.C12H17NO/c25-18-13-20(24-9-7-23-8-10-24)27-21-17(14-28-22(18)21)16-6-5-15-4-2-1-3-11-26-19(15)12-16;1-3-6-9(2)10-7-4-5-8-11(10)12(13)14/h5-6,12-14,23H,1-4,7-11H2;4-5,7-9H,3,6H2,1-2H3,(H2,13,14). The Kier molecular flexibility index (Phi) is 9.97. The molecule has 2 aliphatic rings. The molecule has 2 aromatic heterocycles. The van der Waals surface area contributed by atoms with Crippen LogP contribution in [0.1, 0.15) is 73.4 Å². The van der Waals surface area contributed by atoms with Crippen molar-refractivity contribution in [1.29, 1.82) is 0 Å². The Labute approximate surface area is 251 Å². The lowest BCUT2D eigenvalue weighted by atomic mass is 9.92. The first kappa shape index (κ1) is 29.9. The van der Waals surface area contributed by atoms with E-state index in [2.05, 4.69) is 42.3 Å². The number of nitrogens with zero attached hydrogens (tertiary/aromatic N) is 1.